The zero-order valence-electron chi connectivity index (χ0n) is 9.98. The highest BCUT2D eigenvalue weighted by atomic mass is 16.4. The third kappa shape index (κ3) is 3.38. The Morgan fingerprint density at radius 3 is 2.82 bits per heavy atom. The first-order valence-corrected chi connectivity index (χ1v) is 5.80. The van der Waals surface area contributed by atoms with Crippen LogP contribution in [0.4, 0.5) is 4.79 Å². The van der Waals surface area contributed by atoms with Crippen LogP contribution in [0, 0.1) is 18.3 Å². The first-order valence-electron chi connectivity index (χ1n) is 5.80. The molecular formula is C12H18N2O3. The molecule has 94 valence electrons. The lowest BCUT2D eigenvalue weighted by atomic mass is 9.89. The molecule has 1 saturated heterocycles. The summed E-state index contributed by atoms with van der Waals surface area (Å²) in [7, 11) is 0. The topological polar surface area (TPSA) is 69.6 Å². The normalized spacial score (nSPS) is 23.9. The van der Waals surface area contributed by atoms with E-state index >= 15 is 0 Å². The largest absolute Gasteiger partial charge is 0.480 e. The Balaban J connectivity index is 2.67. The summed E-state index contributed by atoms with van der Waals surface area (Å²) in [4.78, 5) is 24.2. The molecule has 5 nitrogen and oxygen atoms in total. The third-order valence-electron chi connectivity index (χ3n) is 3.18. The molecule has 0 aromatic carbocycles. The van der Waals surface area contributed by atoms with E-state index in [1.807, 2.05) is 6.92 Å². The molecule has 2 atom stereocenters. The lowest BCUT2D eigenvalue weighted by Crippen LogP contribution is -2.53. The molecule has 1 fully saturated rings. The van der Waals surface area contributed by atoms with E-state index in [4.69, 9.17) is 11.5 Å². The lowest BCUT2D eigenvalue weighted by molar-refractivity contribution is -0.144. The summed E-state index contributed by atoms with van der Waals surface area (Å²) in [5.74, 6) is 1.73. The number of aliphatic carboxylic acids is 1. The number of carbonyl (C=O) groups is 2. The molecule has 0 radical (unpaired) electrons. The molecule has 17 heavy (non-hydrogen) atoms. The molecule has 1 aliphatic heterocycles. The fourth-order valence-electron chi connectivity index (χ4n) is 2.11. The Kier molecular flexibility index (Phi) is 4.83. The van der Waals surface area contributed by atoms with Crippen LogP contribution in [0.3, 0.4) is 0 Å². The van der Waals surface area contributed by atoms with Gasteiger partial charge < -0.3 is 15.3 Å². The lowest BCUT2D eigenvalue weighted by Gasteiger charge is -2.36. The van der Waals surface area contributed by atoms with Crippen molar-refractivity contribution in [1.82, 2.24) is 10.2 Å². The molecule has 2 N–H and O–H groups in total. The van der Waals surface area contributed by atoms with Gasteiger partial charge in [0.05, 0.1) is 6.54 Å². The van der Waals surface area contributed by atoms with Crippen LogP contribution in [0.1, 0.15) is 26.2 Å². The molecule has 0 aromatic heterocycles. The number of amides is 2. The number of rotatable bonds is 3. The molecule has 1 rings (SSSR count). The number of terminal acetylenes is 1. The zero-order chi connectivity index (χ0) is 12.8. The summed E-state index contributed by atoms with van der Waals surface area (Å²) in [5.41, 5.74) is 0. The van der Waals surface area contributed by atoms with Gasteiger partial charge in [0, 0.05) is 6.54 Å². The van der Waals surface area contributed by atoms with E-state index in [9.17, 15) is 9.59 Å². The summed E-state index contributed by atoms with van der Waals surface area (Å²) < 4.78 is 0. The number of piperidine rings is 1. The van der Waals surface area contributed by atoms with Crippen LogP contribution < -0.4 is 5.32 Å². The van der Waals surface area contributed by atoms with Crippen molar-refractivity contribution in [2.45, 2.75) is 32.2 Å². The van der Waals surface area contributed by atoms with E-state index in [1.165, 1.54) is 4.90 Å². The molecule has 0 spiro atoms. The Morgan fingerprint density at radius 1 is 1.59 bits per heavy atom. The van der Waals surface area contributed by atoms with Gasteiger partial charge in [0.25, 0.3) is 0 Å². The summed E-state index contributed by atoms with van der Waals surface area (Å²) in [6.07, 6.45) is 7.37. The molecule has 0 saturated carbocycles. The minimum absolute atomic E-state index is 0.124. The van der Waals surface area contributed by atoms with Crippen molar-refractivity contribution in [3.05, 3.63) is 0 Å². The van der Waals surface area contributed by atoms with Gasteiger partial charge in [-0.25, -0.2) is 9.59 Å². The molecular weight excluding hydrogens is 220 g/mol. The monoisotopic (exact) mass is 238 g/mol. The third-order valence-corrected chi connectivity index (χ3v) is 3.18. The van der Waals surface area contributed by atoms with Crippen molar-refractivity contribution in [2.75, 3.05) is 13.1 Å². The maximum absolute atomic E-state index is 11.7. The number of hydrogen-bond donors (Lipinski definition) is 2. The first kappa shape index (κ1) is 13.4. The molecule has 0 aliphatic carbocycles. The fourth-order valence-corrected chi connectivity index (χ4v) is 2.11. The van der Waals surface area contributed by atoms with E-state index in [-0.39, 0.29) is 12.6 Å². The van der Waals surface area contributed by atoms with Gasteiger partial charge in [-0.1, -0.05) is 19.3 Å². The average Bonchev–Trinajstić information content (AvgIpc) is 2.35. The predicted octanol–water partition coefficient (Wildman–Crippen LogP) is 0.904. The Morgan fingerprint density at radius 2 is 2.29 bits per heavy atom. The smallest absolute Gasteiger partial charge is 0.326 e. The quantitative estimate of drug-likeness (QED) is 0.718. The van der Waals surface area contributed by atoms with Crippen molar-refractivity contribution in [3.8, 4) is 12.3 Å². The maximum Gasteiger partial charge on any atom is 0.326 e. The van der Waals surface area contributed by atoms with E-state index in [0.29, 0.717) is 18.9 Å². The summed E-state index contributed by atoms with van der Waals surface area (Å²) >= 11 is 0. The summed E-state index contributed by atoms with van der Waals surface area (Å²) in [6.45, 7) is 2.64. The SMILES string of the molecule is C#CCNC(=O)N1CCC(CC)CC1C(=O)O. The maximum atomic E-state index is 11.7. The van der Waals surface area contributed by atoms with Gasteiger partial charge in [-0.05, 0) is 18.8 Å². The second kappa shape index (κ2) is 6.14. The Bertz CT molecular complexity index is 335. The molecule has 0 aromatic rings. The number of hydrogen-bond acceptors (Lipinski definition) is 2. The summed E-state index contributed by atoms with van der Waals surface area (Å²) in [6, 6.07) is -1.11. The van der Waals surface area contributed by atoms with Gasteiger partial charge in [-0.3, -0.25) is 0 Å². The van der Waals surface area contributed by atoms with Gasteiger partial charge in [-0.2, -0.15) is 0 Å². The number of urea groups is 1. The molecule has 0 bridgehead atoms. The van der Waals surface area contributed by atoms with Crippen LogP contribution in [0.5, 0.6) is 0 Å². The minimum atomic E-state index is -0.945. The van der Waals surface area contributed by atoms with Gasteiger partial charge in [0.15, 0.2) is 0 Å². The number of carboxylic acid groups (broad SMARTS) is 1. The van der Waals surface area contributed by atoms with Crippen molar-refractivity contribution < 1.29 is 14.7 Å². The van der Waals surface area contributed by atoms with E-state index < -0.39 is 12.0 Å². The molecule has 5 heteroatoms. The van der Waals surface area contributed by atoms with E-state index in [0.717, 1.165) is 12.8 Å². The van der Waals surface area contributed by atoms with Crippen LogP contribution in [0.15, 0.2) is 0 Å². The number of carbonyl (C=O) groups excluding carboxylic acids is 1. The fraction of sp³-hybridized carbons (Fsp3) is 0.667. The van der Waals surface area contributed by atoms with Crippen LogP contribution in [-0.2, 0) is 4.79 Å². The molecule has 2 unspecified atom stereocenters. The molecule has 1 aliphatic rings. The Labute approximate surface area is 101 Å². The van der Waals surface area contributed by atoms with Gasteiger partial charge >= 0.3 is 12.0 Å². The van der Waals surface area contributed by atoms with Crippen molar-refractivity contribution in [2.24, 2.45) is 5.92 Å². The molecule has 1 heterocycles. The van der Waals surface area contributed by atoms with Crippen molar-refractivity contribution >= 4 is 12.0 Å². The van der Waals surface area contributed by atoms with E-state index in [1.54, 1.807) is 0 Å². The van der Waals surface area contributed by atoms with Crippen molar-refractivity contribution in [1.29, 1.82) is 0 Å². The highest BCUT2D eigenvalue weighted by molar-refractivity contribution is 5.83. The van der Waals surface area contributed by atoms with Crippen molar-refractivity contribution in [3.63, 3.8) is 0 Å². The van der Waals surface area contributed by atoms with Crippen LogP contribution in [-0.4, -0.2) is 41.1 Å². The second-order valence-corrected chi connectivity index (χ2v) is 4.21. The van der Waals surface area contributed by atoms with Crippen LogP contribution in [0.25, 0.3) is 0 Å². The highest BCUT2D eigenvalue weighted by Crippen LogP contribution is 2.25. The number of nitrogens with zero attached hydrogens (tertiary/aromatic N) is 1. The predicted molar refractivity (Wildman–Crippen MR) is 63.4 cm³/mol. The van der Waals surface area contributed by atoms with E-state index in [2.05, 4.69) is 11.2 Å². The summed E-state index contributed by atoms with van der Waals surface area (Å²) in [5, 5.41) is 11.6. The zero-order valence-corrected chi connectivity index (χ0v) is 9.98. The minimum Gasteiger partial charge on any atom is -0.480 e. The number of likely N-dealkylation sites (tertiary alicyclic amines) is 1. The van der Waals surface area contributed by atoms with Gasteiger partial charge in [0.2, 0.25) is 0 Å². The Hall–Kier alpha value is -1.70. The number of carboxylic acids is 1. The highest BCUT2D eigenvalue weighted by Gasteiger charge is 2.35. The van der Waals surface area contributed by atoms with Gasteiger partial charge in [0.1, 0.15) is 6.04 Å². The average molecular weight is 238 g/mol. The second-order valence-electron chi connectivity index (χ2n) is 4.21. The molecule has 2 amide bonds. The number of nitrogens with one attached hydrogen (secondary N) is 1. The van der Waals surface area contributed by atoms with Crippen LogP contribution >= 0.6 is 0 Å². The van der Waals surface area contributed by atoms with Gasteiger partial charge in [-0.15, -0.1) is 6.42 Å². The standard InChI is InChI=1S/C12H18N2O3/c1-3-6-13-12(17)14-7-5-9(4-2)8-10(14)11(15)16/h1,9-10H,4-8H2,2H3,(H,13,17)(H,15,16). The first-order chi connectivity index (χ1) is 8.10. The van der Waals surface area contributed by atoms with Crippen LogP contribution in [0.2, 0.25) is 0 Å².